The molecule has 0 aromatic carbocycles. The van der Waals surface area contributed by atoms with Crippen LogP contribution in [-0.4, -0.2) is 49.1 Å². The molecule has 1 rings (SSSR count). The van der Waals surface area contributed by atoms with Crippen molar-refractivity contribution in [1.29, 1.82) is 0 Å². The number of hydrogen-bond acceptors (Lipinski definition) is 3. The van der Waals surface area contributed by atoms with Crippen LogP contribution in [0.2, 0.25) is 0 Å². The lowest BCUT2D eigenvalue weighted by molar-refractivity contribution is 0.374. The Morgan fingerprint density at radius 1 is 1.29 bits per heavy atom. The molecular weight excluding hydrogens is 216 g/mol. The molecular formula is C12H22N4O. The minimum atomic E-state index is 0.388. The van der Waals surface area contributed by atoms with Crippen LogP contribution >= 0.6 is 0 Å². The predicted molar refractivity (Wildman–Crippen MR) is 69.1 cm³/mol. The highest BCUT2D eigenvalue weighted by atomic mass is 16.5. The number of aromatic nitrogens is 1. The minimum absolute atomic E-state index is 0.388. The average molecular weight is 238 g/mol. The summed E-state index contributed by atoms with van der Waals surface area (Å²) in [4.78, 5) is 8.44. The summed E-state index contributed by atoms with van der Waals surface area (Å²) in [7, 11) is 7.88. The summed E-state index contributed by atoms with van der Waals surface area (Å²) in [5, 5.41) is 4.01. The summed E-state index contributed by atoms with van der Waals surface area (Å²) in [5.41, 5.74) is 0.978. The van der Waals surface area contributed by atoms with Crippen LogP contribution in [0.5, 0.6) is 0 Å². The molecule has 0 aliphatic rings. The molecule has 5 nitrogen and oxygen atoms in total. The molecule has 0 atom stereocenters. The van der Waals surface area contributed by atoms with E-state index in [1.165, 1.54) is 0 Å². The molecule has 1 heterocycles. The van der Waals surface area contributed by atoms with E-state index < -0.39 is 0 Å². The molecule has 0 fully saturated rings. The van der Waals surface area contributed by atoms with Gasteiger partial charge in [-0.15, -0.1) is 0 Å². The zero-order chi connectivity index (χ0) is 13.0. The maximum atomic E-state index is 5.24. The van der Waals surface area contributed by atoms with E-state index in [9.17, 15) is 0 Å². The monoisotopic (exact) mass is 238 g/mol. The Morgan fingerprint density at radius 3 is 2.29 bits per heavy atom. The predicted octanol–water partition coefficient (Wildman–Crippen LogP) is 1.78. The number of aliphatic imine (C=N–C) groups is 1. The lowest BCUT2D eigenvalue weighted by atomic mass is 10.1. The van der Waals surface area contributed by atoms with Crippen LogP contribution in [0.25, 0.3) is 0 Å². The lowest BCUT2D eigenvalue weighted by Crippen LogP contribution is -2.35. The van der Waals surface area contributed by atoms with E-state index in [2.05, 4.69) is 24.0 Å². The van der Waals surface area contributed by atoms with Gasteiger partial charge in [-0.3, -0.25) is 0 Å². The van der Waals surface area contributed by atoms with E-state index in [-0.39, 0.29) is 0 Å². The second-order valence-electron chi connectivity index (χ2n) is 4.78. The summed E-state index contributed by atoms with van der Waals surface area (Å²) in [5.74, 6) is 2.10. The van der Waals surface area contributed by atoms with Gasteiger partial charge in [0.1, 0.15) is 6.54 Å². The highest BCUT2D eigenvalue weighted by Gasteiger charge is 2.08. The molecule has 0 aliphatic carbocycles. The molecule has 96 valence electrons. The zero-order valence-electron chi connectivity index (χ0n) is 11.6. The first-order valence-electron chi connectivity index (χ1n) is 5.76. The van der Waals surface area contributed by atoms with E-state index >= 15 is 0 Å². The van der Waals surface area contributed by atoms with Crippen LogP contribution in [-0.2, 0) is 6.54 Å². The van der Waals surface area contributed by atoms with Crippen molar-refractivity contribution in [2.45, 2.75) is 26.3 Å². The third-order valence-corrected chi connectivity index (χ3v) is 2.35. The van der Waals surface area contributed by atoms with E-state index in [4.69, 9.17) is 4.52 Å². The van der Waals surface area contributed by atoms with Gasteiger partial charge in [0.15, 0.2) is 11.7 Å². The van der Waals surface area contributed by atoms with Gasteiger partial charge in [-0.25, -0.2) is 4.99 Å². The summed E-state index contributed by atoms with van der Waals surface area (Å²) < 4.78 is 5.24. The topological polar surface area (TPSA) is 44.9 Å². The molecule has 5 heteroatoms. The van der Waals surface area contributed by atoms with Crippen LogP contribution in [0.3, 0.4) is 0 Å². The van der Waals surface area contributed by atoms with Gasteiger partial charge in [0.2, 0.25) is 0 Å². The first-order valence-corrected chi connectivity index (χ1v) is 5.76. The van der Waals surface area contributed by atoms with Gasteiger partial charge in [0, 0.05) is 34.3 Å². The molecule has 0 unspecified atom stereocenters. The third kappa shape index (κ3) is 3.76. The van der Waals surface area contributed by atoms with E-state index in [1.54, 1.807) is 0 Å². The van der Waals surface area contributed by atoms with Crippen molar-refractivity contribution in [3.63, 3.8) is 0 Å². The van der Waals surface area contributed by atoms with Crippen LogP contribution in [0.1, 0.15) is 31.2 Å². The Kier molecular flexibility index (Phi) is 4.54. The van der Waals surface area contributed by atoms with Crippen molar-refractivity contribution in [2.75, 3.05) is 28.2 Å². The van der Waals surface area contributed by atoms with Crippen LogP contribution < -0.4 is 0 Å². The second kappa shape index (κ2) is 5.70. The fourth-order valence-electron chi connectivity index (χ4n) is 1.51. The molecule has 0 N–H and O–H groups in total. The molecule has 0 amide bonds. The fraction of sp³-hybridized carbons (Fsp3) is 0.667. The third-order valence-electron chi connectivity index (χ3n) is 2.35. The number of nitrogens with zero attached hydrogens (tertiary/aromatic N) is 4. The number of hydrogen-bond donors (Lipinski definition) is 0. The Labute approximate surface area is 103 Å². The summed E-state index contributed by atoms with van der Waals surface area (Å²) in [6, 6.07) is 1.97. The van der Waals surface area contributed by atoms with Gasteiger partial charge >= 0.3 is 0 Å². The highest BCUT2D eigenvalue weighted by Crippen LogP contribution is 2.14. The van der Waals surface area contributed by atoms with Gasteiger partial charge in [0.05, 0.1) is 5.69 Å². The van der Waals surface area contributed by atoms with Crippen LogP contribution in [0.15, 0.2) is 15.6 Å². The Hall–Kier alpha value is -1.52. The first-order chi connectivity index (χ1) is 7.91. The Bertz CT molecular complexity index is 370. The number of guanidine groups is 1. The Balaban J connectivity index is 2.73. The largest absolute Gasteiger partial charge is 0.359 e. The van der Waals surface area contributed by atoms with Crippen molar-refractivity contribution in [2.24, 2.45) is 4.99 Å². The van der Waals surface area contributed by atoms with Crippen molar-refractivity contribution in [3.05, 3.63) is 17.5 Å². The quantitative estimate of drug-likeness (QED) is 0.595. The van der Waals surface area contributed by atoms with Gasteiger partial charge in [0.25, 0.3) is 0 Å². The molecule has 1 aromatic rings. The summed E-state index contributed by atoms with van der Waals surface area (Å²) >= 11 is 0. The van der Waals surface area contributed by atoms with Gasteiger partial charge in [-0.2, -0.15) is 0 Å². The normalized spacial score (nSPS) is 10.5. The molecule has 0 aliphatic heterocycles. The average Bonchev–Trinajstić information content (AvgIpc) is 2.65. The molecule has 0 bridgehead atoms. The van der Waals surface area contributed by atoms with Crippen molar-refractivity contribution in [3.8, 4) is 0 Å². The number of rotatable bonds is 3. The van der Waals surface area contributed by atoms with Crippen molar-refractivity contribution < 1.29 is 4.52 Å². The molecule has 17 heavy (non-hydrogen) atoms. The SMILES string of the molecule is CC(C)c1cc(CN=C(N(C)C)N(C)C)on1. The van der Waals surface area contributed by atoms with Gasteiger partial charge in [-0.1, -0.05) is 19.0 Å². The molecule has 0 saturated heterocycles. The smallest absolute Gasteiger partial charge is 0.195 e. The van der Waals surface area contributed by atoms with E-state index in [0.29, 0.717) is 12.5 Å². The maximum absolute atomic E-state index is 5.24. The van der Waals surface area contributed by atoms with Gasteiger partial charge < -0.3 is 14.3 Å². The second-order valence-corrected chi connectivity index (χ2v) is 4.78. The maximum Gasteiger partial charge on any atom is 0.195 e. The van der Waals surface area contributed by atoms with Crippen LogP contribution in [0.4, 0.5) is 0 Å². The minimum Gasteiger partial charge on any atom is -0.359 e. The Morgan fingerprint density at radius 2 is 1.88 bits per heavy atom. The first kappa shape index (κ1) is 13.5. The van der Waals surface area contributed by atoms with Crippen molar-refractivity contribution in [1.82, 2.24) is 15.0 Å². The van der Waals surface area contributed by atoms with Gasteiger partial charge in [-0.05, 0) is 5.92 Å². The standard InChI is InChI=1S/C12H22N4O/c1-9(2)11-7-10(17-14-11)8-13-12(15(3)4)16(5)6/h7,9H,8H2,1-6H3. The van der Waals surface area contributed by atoms with E-state index in [1.807, 2.05) is 44.1 Å². The van der Waals surface area contributed by atoms with Crippen molar-refractivity contribution >= 4 is 5.96 Å². The molecule has 0 radical (unpaired) electrons. The molecule has 0 saturated carbocycles. The highest BCUT2D eigenvalue weighted by molar-refractivity contribution is 5.79. The summed E-state index contributed by atoms with van der Waals surface area (Å²) in [6.07, 6.45) is 0. The molecule has 0 spiro atoms. The summed E-state index contributed by atoms with van der Waals surface area (Å²) in [6.45, 7) is 4.71. The zero-order valence-corrected chi connectivity index (χ0v) is 11.6. The molecule has 1 aromatic heterocycles. The lowest BCUT2D eigenvalue weighted by Gasteiger charge is -2.22. The fourth-order valence-corrected chi connectivity index (χ4v) is 1.51. The van der Waals surface area contributed by atoms with Crippen LogP contribution in [0, 0.1) is 0 Å². The van der Waals surface area contributed by atoms with E-state index in [0.717, 1.165) is 17.4 Å².